The van der Waals surface area contributed by atoms with Crippen LogP contribution in [-0.2, 0) is 0 Å². The summed E-state index contributed by atoms with van der Waals surface area (Å²) in [5, 5.41) is 14.3. The van der Waals surface area contributed by atoms with Crippen LogP contribution in [0.1, 0.15) is 10.4 Å². The normalized spacial score (nSPS) is 10.2. The summed E-state index contributed by atoms with van der Waals surface area (Å²) in [6.45, 7) is 0. The van der Waals surface area contributed by atoms with Gasteiger partial charge in [-0.1, -0.05) is 17.7 Å². The summed E-state index contributed by atoms with van der Waals surface area (Å²) >= 11 is 5.94. The van der Waals surface area contributed by atoms with Crippen LogP contribution >= 0.6 is 11.6 Å². The van der Waals surface area contributed by atoms with Crippen LogP contribution in [0.15, 0.2) is 66.7 Å². The number of carbonyl (C=O) groups excluding carboxylic acids is 1. The molecule has 0 bridgehead atoms. The van der Waals surface area contributed by atoms with Crippen LogP contribution in [0.2, 0.25) is 5.02 Å². The van der Waals surface area contributed by atoms with Gasteiger partial charge in [-0.15, -0.1) is 0 Å². The van der Waals surface area contributed by atoms with E-state index >= 15 is 0 Å². The lowest BCUT2D eigenvalue weighted by atomic mass is 10.2. The van der Waals surface area contributed by atoms with Crippen molar-refractivity contribution in [2.45, 2.75) is 0 Å². The van der Waals surface area contributed by atoms with E-state index in [4.69, 9.17) is 21.1 Å². The monoisotopic (exact) mass is 398 g/mol. The Balaban J connectivity index is 1.86. The molecule has 7 nitrogen and oxygen atoms in total. The zero-order valence-electron chi connectivity index (χ0n) is 14.7. The first-order valence-electron chi connectivity index (χ1n) is 8.17. The van der Waals surface area contributed by atoms with Crippen molar-refractivity contribution >= 4 is 23.2 Å². The number of non-ortho nitro benzene ring substituents is 1. The Labute approximate surface area is 165 Å². The molecule has 1 N–H and O–H groups in total. The molecule has 142 valence electrons. The molecule has 0 saturated carbocycles. The Morgan fingerprint density at radius 2 is 1.57 bits per heavy atom. The molecule has 0 heterocycles. The summed E-state index contributed by atoms with van der Waals surface area (Å²) in [5.41, 5.74) is 0.287. The first-order valence-corrected chi connectivity index (χ1v) is 8.55. The number of amides is 1. The van der Waals surface area contributed by atoms with Gasteiger partial charge in [-0.05, 0) is 42.5 Å². The quantitative estimate of drug-likeness (QED) is 0.455. The van der Waals surface area contributed by atoms with Crippen molar-refractivity contribution in [3.63, 3.8) is 0 Å². The summed E-state index contributed by atoms with van der Waals surface area (Å²) in [4.78, 5) is 22.3. The Morgan fingerprint density at radius 1 is 0.929 bits per heavy atom. The topological polar surface area (TPSA) is 90.7 Å². The molecule has 0 aliphatic heterocycles. The number of benzene rings is 3. The lowest BCUT2D eigenvalue weighted by Crippen LogP contribution is -2.17. The number of nitrogens with zero attached hydrogens (tertiary/aromatic N) is 1. The molecule has 3 aromatic rings. The van der Waals surface area contributed by atoms with Crippen molar-refractivity contribution in [2.75, 3.05) is 7.05 Å². The number of hydrogen-bond acceptors (Lipinski definition) is 5. The van der Waals surface area contributed by atoms with E-state index in [9.17, 15) is 14.9 Å². The molecular weight excluding hydrogens is 384 g/mol. The minimum atomic E-state index is -0.535. The summed E-state index contributed by atoms with van der Waals surface area (Å²) in [6.07, 6.45) is 0. The largest absolute Gasteiger partial charge is 0.457 e. The first kappa shape index (κ1) is 19.2. The van der Waals surface area contributed by atoms with E-state index in [0.717, 1.165) is 0 Å². The lowest BCUT2D eigenvalue weighted by Gasteiger charge is -2.10. The zero-order valence-corrected chi connectivity index (χ0v) is 15.5. The van der Waals surface area contributed by atoms with Crippen LogP contribution in [-0.4, -0.2) is 17.9 Å². The number of nitrogens with one attached hydrogen (secondary N) is 1. The summed E-state index contributed by atoms with van der Waals surface area (Å²) in [7, 11) is 1.54. The third-order valence-corrected chi connectivity index (χ3v) is 3.92. The fourth-order valence-corrected chi connectivity index (χ4v) is 2.58. The molecule has 0 atom stereocenters. The minimum absolute atomic E-state index is 0.184. The van der Waals surface area contributed by atoms with Crippen LogP contribution in [0, 0.1) is 10.1 Å². The van der Waals surface area contributed by atoms with Crippen molar-refractivity contribution in [3.05, 3.63) is 87.4 Å². The highest BCUT2D eigenvalue weighted by atomic mass is 35.5. The van der Waals surface area contributed by atoms with Gasteiger partial charge in [-0.25, -0.2) is 0 Å². The van der Waals surface area contributed by atoms with Gasteiger partial charge in [0.25, 0.3) is 11.6 Å². The number of rotatable bonds is 6. The summed E-state index contributed by atoms with van der Waals surface area (Å²) in [5.74, 6) is 1.09. The van der Waals surface area contributed by atoms with E-state index in [1.54, 1.807) is 48.5 Å². The molecule has 1 amide bonds. The van der Waals surface area contributed by atoms with Gasteiger partial charge in [-0.3, -0.25) is 14.9 Å². The van der Waals surface area contributed by atoms with E-state index in [0.29, 0.717) is 22.1 Å². The Morgan fingerprint density at radius 3 is 2.14 bits per heavy atom. The number of nitro groups is 1. The van der Waals surface area contributed by atoms with Gasteiger partial charge in [-0.2, -0.15) is 0 Å². The van der Waals surface area contributed by atoms with E-state index in [2.05, 4.69) is 5.32 Å². The maximum absolute atomic E-state index is 11.6. The molecule has 3 aromatic carbocycles. The Bertz CT molecular complexity index is 1020. The Kier molecular flexibility index (Phi) is 5.76. The van der Waals surface area contributed by atoms with E-state index in [1.807, 2.05) is 0 Å². The van der Waals surface area contributed by atoms with Gasteiger partial charge in [0.1, 0.15) is 23.0 Å². The number of carbonyl (C=O) groups is 1. The maximum atomic E-state index is 11.6. The second-order valence-electron chi connectivity index (χ2n) is 5.68. The van der Waals surface area contributed by atoms with Gasteiger partial charge in [0.05, 0.1) is 17.1 Å². The van der Waals surface area contributed by atoms with Crippen molar-refractivity contribution in [3.8, 4) is 23.0 Å². The molecule has 0 fully saturated rings. The van der Waals surface area contributed by atoms with Crippen molar-refractivity contribution < 1.29 is 19.2 Å². The maximum Gasteiger partial charge on any atom is 0.276 e. The third kappa shape index (κ3) is 4.77. The number of hydrogen-bond donors (Lipinski definition) is 1. The second-order valence-corrected chi connectivity index (χ2v) is 6.12. The first-order chi connectivity index (χ1) is 13.4. The zero-order chi connectivity index (χ0) is 20.1. The standard InChI is InChI=1S/C20H15ClN2O5/c1-22-20(24)13-5-7-16(8-6-13)27-18-10-15(23(25)26)11-19(12-18)28-17-4-2-3-14(21)9-17/h2-12H,1H3,(H,22,24). The lowest BCUT2D eigenvalue weighted by molar-refractivity contribution is -0.385. The smallest absolute Gasteiger partial charge is 0.276 e. The molecule has 8 heteroatoms. The average molecular weight is 399 g/mol. The number of nitro benzene ring substituents is 1. The van der Waals surface area contributed by atoms with Gasteiger partial charge >= 0.3 is 0 Å². The minimum Gasteiger partial charge on any atom is -0.457 e. The SMILES string of the molecule is CNC(=O)c1ccc(Oc2cc(Oc3cccc(Cl)c3)cc([N+](=O)[O-])c2)cc1. The molecule has 0 saturated heterocycles. The molecule has 3 rings (SSSR count). The Hall–Kier alpha value is -3.58. The van der Waals surface area contributed by atoms with Crippen LogP contribution in [0.4, 0.5) is 5.69 Å². The molecular formula is C20H15ClN2O5. The van der Waals surface area contributed by atoms with Gasteiger partial charge in [0, 0.05) is 23.7 Å². The molecule has 0 aliphatic rings. The second kappa shape index (κ2) is 8.41. The van der Waals surface area contributed by atoms with Crippen LogP contribution in [0.25, 0.3) is 0 Å². The highest BCUT2D eigenvalue weighted by Crippen LogP contribution is 2.33. The highest BCUT2D eigenvalue weighted by molar-refractivity contribution is 6.30. The molecule has 0 aromatic heterocycles. The van der Waals surface area contributed by atoms with Crippen molar-refractivity contribution in [2.24, 2.45) is 0 Å². The number of ether oxygens (including phenoxy) is 2. The molecule has 0 unspecified atom stereocenters. The van der Waals surface area contributed by atoms with Crippen molar-refractivity contribution in [1.29, 1.82) is 0 Å². The van der Waals surface area contributed by atoms with Gasteiger partial charge in [0.2, 0.25) is 0 Å². The fraction of sp³-hybridized carbons (Fsp3) is 0.0500. The average Bonchev–Trinajstić information content (AvgIpc) is 2.68. The predicted molar refractivity (Wildman–Crippen MR) is 105 cm³/mol. The van der Waals surface area contributed by atoms with Crippen LogP contribution < -0.4 is 14.8 Å². The fourth-order valence-electron chi connectivity index (χ4n) is 2.40. The summed E-state index contributed by atoms with van der Waals surface area (Å²) < 4.78 is 11.4. The van der Waals surface area contributed by atoms with Crippen LogP contribution in [0.3, 0.4) is 0 Å². The predicted octanol–water partition coefficient (Wildman–Crippen LogP) is 5.19. The van der Waals surface area contributed by atoms with Crippen molar-refractivity contribution in [1.82, 2.24) is 5.32 Å². The molecule has 28 heavy (non-hydrogen) atoms. The highest BCUT2D eigenvalue weighted by Gasteiger charge is 2.13. The van der Waals surface area contributed by atoms with E-state index in [1.165, 1.54) is 25.2 Å². The van der Waals surface area contributed by atoms with Crippen LogP contribution in [0.5, 0.6) is 23.0 Å². The molecule has 0 aliphatic carbocycles. The molecule has 0 radical (unpaired) electrons. The van der Waals surface area contributed by atoms with E-state index < -0.39 is 4.92 Å². The summed E-state index contributed by atoms with van der Waals surface area (Å²) in [6, 6.07) is 17.2. The molecule has 0 spiro atoms. The van der Waals surface area contributed by atoms with Gasteiger partial charge < -0.3 is 14.8 Å². The van der Waals surface area contributed by atoms with E-state index in [-0.39, 0.29) is 23.1 Å². The third-order valence-electron chi connectivity index (χ3n) is 3.69. The van der Waals surface area contributed by atoms with Gasteiger partial charge in [0.15, 0.2) is 0 Å². The number of halogens is 1.